The third kappa shape index (κ3) is 1.55. The molecule has 0 bridgehead atoms. The van der Waals surface area contributed by atoms with Gasteiger partial charge in [-0.3, -0.25) is 0 Å². The van der Waals surface area contributed by atoms with E-state index in [9.17, 15) is 0 Å². The molecule has 19 heavy (non-hydrogen) atoms. The van der Waals surface area contributed by atoms with Crippen LogP contribution in [0.4, 0.5) is 0 Å². The number of fused-ring (bicyclic) bond motifs is 2. The molecule has 3 nitrogen and oxygen atoms in total. The highest BCUT2D eigenvalue weighted by atomic mass is 16.3. The largest absolute Gasteiger partial charge is 0.436 e. The molecule has 0 aliphatic rings. The minimum atomic E-state index is 0.673. The number of hydrogen-bond donors (Lipinski definition) is 0. The molecule has 0 fully saturated rings. The first-order chi connectivity index (χ1) is 9.31. The molecular weight excluding hydrogens is 236 g/mol. The third-order valence-electron chi connectivity index (χ3n) is 3.43. The number of benzene rings is 2. The average Bonchev–Trinajstić information content (AvgIpc) is 3.02. The predicted molar refractivity (Wildman–Crippen MR) is 75.9 cm³/mol. The van der Waals surface area contributed by atoms with Crippen molar-refractivity contribution in [2.45, 2.75) is 0 Å². The van der Waals surface area contributed by atoms with E-state index in [2.05, 4.69) is 33.9 Å². The Hall–Kier alpha value is -2.55. The van der Waals surface area contributed by atoms with Crippen LogP contribution in [0.1, 0.15) is 0 Å². The molecule has 0 N–H and O–H groups in total. The van der Waals surface area contributed by atoms with Crippen LogP contribution in [-0.2, 0) is 7.05 Å². The number of aryl methyl sites for hydroxylation is 1. The molecule has 2 aromatic carbocycles. The fourth-order valence-electron chi connectivity index (χ4n) is 2.41. The van der Waals surface area contributed by atoms with Crippen molar-refractivity contribution < 1.29 is 4.42 Å². The monoisotopic (exact) mass is 248 g/mol. The van der Waals surface area contributed by atoms with Gasteiger partial charge in [-0.25, -0.2) is 4.98 Å². The van der Waals surface area contributed by atoms with E-state index in [4.69, 9.17) is 4.42 Å². The molecule has 4 aromatic rings. The number of hydrogen-bond acceptors (Lipinski definition) is 2. The van der Waals surface area contributed by atoms with Gasteiger partial charge in [-0.15, -0.1) is 0 Å². The lowest BCUT2D eigenvalue weighted by molar-refractivity contribution is 0.620. The fourth-order valence-corrected chi connectivity index (χ4v) is 2.41. The fraction of sp³-hybridized carbons (Fsp3) is 0.0625. The zero-order valence-electron chi connectivity index (χ0n) is 10.5. The highest BCUT2D eigenvalue weighted by molar-refractivity contribution is 5.85. The number of aromatic nitrogens is 2. The molecule has 0 aliphatic heterocycles. The van der Waals surface area contributed by atoms with Gasteiger partial charge in [0.05, 0.1) is 0 Å². The zero-order chi connectivity index (χ0) is 12.8. The highest BCUT2D eigenvalue weighted by Gasteiger charge is 2.08. The van der Waals surface area contributed by atoms with Crippen molar-refractivity contribution in [3.05, 3.63) is 54.7 Å². The van der Waals surface area contributed by atoms with Crippen LogP contribution in [0.5, 0.6) is 0 Å². The summed E-state index contributed by atoms with van der Waals surface area (Å²) in [5, 5.41) is 1.20. The van der Waals surface area contributed by atoms with Gasteiger partial charge in [-0.2, -0.15) is 0 Å². The molecule has 3 heteroatoms. The van der Waals surface area contributed by atoms with Crippen LogP contribution < -0.4 is 0 Å². The summed E-state index contributed by atoms with van der Waals surface area (Å²) in [6.07, 6.45) is 2.06. The van der Waals surface area contributed by atoms with Crippen LogP contribution >= 0.6 is 0 Å². The summed E-state index contributed by atoms with van der Waals surface area (Å²) in [5.41, 5.74) is 3.94. The maximum Gasteiger partial charge on any atom is 0.227 e. The van der Waals surface area contributed by atoms with Gasteiger partial charge in [-0.05, 0) is 36.4 Å². The Morgan fingerprint density at radius 1 is 1.05 bits per heavy atom. The average molecular weight is 248 g/mol. The van der Waals surface area contributed by atoms with E-state index in [0.29, 0.717) is 5.89 Å². The van der Waals surface area contributed by atoms with E-state index < -0.39 is 0 Å². The topological polar surface area (TPSA) is 31.0 Å². The molecule has 0 unspecified atom stereocenters. The van der Waals surface area contributed by atoms with Crippen molar-refractivity contribution in [2.24, 2.45) is 7.05 Å². The van der Waals surface area contributed by atoms with Crippen LogP contribution in [-0.4, -0.2) is 9.55 Å². The first kappa shape index (κ1) is 10.4. The molecule has 4 rings (SSSR count). The van der Waals surface area contributed by atoms with Crippen molar-refractivity contribution >= 4 is 22.0 Å². The first-order valence-corrected chi connectivity index (χ1v) is 6.22. The minimum absolute atomic E-state index is 0.673. The van der Waals surface area contributed by atoms with E-state index in [1.807, 2.05) is 37.4 Å². The summed E-state index contributed by atoms with van der Waals surface area (Å²) in [6, 6.07) is 16.2. The summed E-state index contributed by atoms with van der Waals surface area (Å²) in [6.45, 7) is 0. The number of oxazole rings is 1. The summed E-state index contributed by atoms with van der Waals surface area (Å²) in [7, 11) is 2.04. The van der Waals surface area contributed by atoms with Crippen molar-refractivity contribution in [1.82, 2.24) is 9.55 Å². The molecule has 0 amide bonds. The Bertz CT molecular complexity index is 853. The van der Waals surface area contributed by atoms with Gasteiger partial charge in [0.1, 0.15) is 5.52 Å². The van der Waals surface area contributed by atoms with E-state index in [1.165, 1.54) is 10.9 Å². The van der Waals surface area contributed by atoms with Crippen LogP contribution in [0.2, 0.25) is 0 Å². The summed E-state index contributed by atoms with van der Waals surface area (Å²) in [5.74, 6) is 0.673. The molecule has 0 saturated carbocycles. The van der Waals surface area contributed by atoms with Crippen molar-refractivity contribution in [3.63, 3.8) is 0 Å². The second-order valence-electron chi connectivity index (χ2n) is 4.69. The normalized spacial score (nSPS) is 11.4. The van der Waals surface area contributed by atoms with Gasteiger partial charge in [0, 0.05) is 29.7 Å². The quantitative estimate of drug-likeness (QED) is 0.510. The van der Waals surface area contributed by atoms with Gasteiger partial charge in [-0.1, -0.05) is 12.1 Å². The molecule has 0 radical (unpaired) electrons. The molecule has 0 spiro atoms. The zero-order valence-corrected chi connectivity index (χ0v) is 10.5. The van der Waals surface area contributed by atoms with Crippen LogP contribution in [0.15, 0.2) is 59.1 Å². The lowest BCUT2D eigenvalue weighted by Crippen LogP contribution is -1.83. The van der Waals surface area contributed by atoms with Crippen molar-refractivity contribution in [1.29, 1.82) is 0 Å². The van der Waals surface area contributed by atoms with Gasteiger partial charge in [0.15, 0.2) is 5.58 Å². The molecular formula is C16H12N2O. The van der Waals surface area contributed by atoms with Gasteiger partial charge in [0.2, 0.25) is 5.89 Å². The van der Waals surface area contributed by atoms with E-state index in [1.54, 1.807) is 0 Å². The van der Waals surface area contributed by atoms with E-state index in [0.717, 1.165) is 16.7 Å². The summed E-state index contributed by atoms with van der Waals surface area (Å²) < 4.78 is 7.89. The molecule has 92 valence electrons. The van der Waals surface area contributed by atoms with E-state index in [-0.39, 0.29) is 0 Å². The molecule has 2 heterocycles. The number of rotatable bonds is 1. The van der Waals surface area contributed by atoms with Crippen LogP contribution in [0.3, 0.4) is 0 Å². The Balaban J connectivity index is 1.93. The maximum atomic E-state index is 5.79. The predicted octanol–water partition coefficient (Wildman–Crippen LogP) is 3.99. The molecule has 0 saturated heterocycles. The smallest absolute Gasteiger partial charge is 0.227 e. The Morgan fingerprint density at radius 2 is 1.95 bits per heavy atom. The lowest BCUT2D eigenvalue weighted by Gasteiger charge is -1.98. The second-order valence-corrected chi connectivity index (χ2v) is 4.69. The third-order valence-corrected chi connectivity index (χ3v) is 3.43. The minimum Gasteiger partial charge on any atom is -0.436 e. The second kappa shape index (κ2) is 3.72. The molecule has 2 aromatic heterocycles. The standard InChI is InChI=1S/C16H12N2O/c1-18-9-8-11-10-12(6-7-14(11)18)16-17-13-4-2-3-5-15(13)19-16/h2-10H,1H3. The van der Waals surface area contributed by atoms with Gasteiger partial charge >= 0.3 is 0 Å². The van der Waals surface area contributed by atoms with E-state index >= 15 is 0 Å². The Kier molecular flexibility index (Phi) is 2.03. The van der Waals surface area contributed by atoms with Gasteiger partial charge in [0.25, 0.3) is 0 Å². The Labute approximate surface area is 110 Å². The van der Waals surface area contributed by atoms with Crippen LogP contribution in [0.25, 0.3) is 33.5 Å². The number of para-hydroxylation sites is 2. The highest BCUT2D eigenvalue weighted by Crippen LogP contribution is 2.27. The maximum absolute atomic E-state index is 5.79. The van der Waals surface area contributed by atoms with Crippen molar-refractivity contribution in [2.75, 3.05) is 0 Å². The summed E-state index contributed by atoms with van der Waals surface area (Å²) >= 11 is 0. The van der Waals surface area contributed by atoms with Crippen molar-refractivity contribution in [3.8, 4) is 11.5 Å². The van der Waals surface area contributed by atoms with Crippen LogP contribution in [0, 0.1) is 0 Å². The summed E-state index contributed by atoms with van der Waals surface area (Å²) in [4.78, 5) is 4.52. The molecule has 0 atom stereocenters. The SMILES string of the molecule is Cn1ccc2cc(-c3nc4ccccc4o3)ccc21. The molecule has 0 aliphatic carbocycles. The van der Waals surface area contributed by atoms with Gasteiger partial charge < -0.3 is 8.98 Å². The Morgan fingerprint density at radius 3 is 2.84 bits per heavy atom. The lowest BCUT2D eigenvalue weighted by atomic mass is 10.1. The number of nitrogens with zero attached hydrogens (tertiary/aromatic N) is 2. The first-order valence-electron chi connectivity index (χ1n) is 6.22.